The molecule has 6 heteroatoms. The van der Waals surface area contributed by atoms with Crippen LogP contribution in [0.3, 0.4) is 0 Å². The molecule has 0 aliphatic carbocycles. The van der Waals surface area contributed by atoms with Crippen molar-refractivity contribution >= 4 is 23.6 Å². The lowest BCUT2D eigenvalue weighted by atomic mass is 10.2. The summed E-state index contributed by atoms with van der Waals surface area (Å²) in [5.74, 6) is -0.938. The maximum absolute atomic E-state index is 12.0. The Hall–Kier alpha value is -3.28. The third-order valence-electron chi connectivity index (χ3n) is 3.01. The van der Waals surface area contributed by atoms with Gasteiger partial charge >= 0.3 is 11.9 Å². The zero-order chi connectivity index (χ0) is 16.7. The molecule has 0 saturated heterocycles. The van der Waals surface area contributed by atoms with Crippen LogP contribution in [0, 0.1) is 4.91 Å². The van der Waals surface area contributed by atoms with Gasteiger partial charge in [-0.2, -0.15) is 0 Å². The molecular formula is C17H14N2O4. The van der Waals surface area contributed by atoms with Crippen molar-refractivity contribution in [1.82, 2.24) is 0 Å². The lowest BCUT2D eigenvalue weighted by Crippen LogP contribution is -2.08. The first-order valence-corrected chi connectivity index (χ1v) is 6.78. The van der Waals surface area contributed by atoms with E-state index in [2.05, 4.69) is 10.5 Å². The van der Waals surface area contributed by atoms with Gasteiger partial charge in [-0.1, -0.05) is 12.1 Å². The lowest BCUT2D eigenvalue weighted by molar-refractivity contribution is -0.113. The van der Waals surface area contributed by atoms with Crippen LogP contribution in [0.2, 0.25) is 0 Å². The molecule has 0 radical (unpaired) electrons. The predicted molar refractivity (Wildman–Crippen MR) is 87.2 cm³/mol. The van der Waals surface area contributed by atoms with Gasteiger partial charge in [-0.05, 0) is 48.0 Å². The predicted octanol–water partition coefficient (Wildman–Crippen LogP) is 3.25. The van der Waals surface area contributed by atoms with Crippen LogP contribution in [0.5, 0.6) is 5.75 Å². The Kier molecular flexibility index (Phi) is 5.35. The van der Waals surface area contributed by atoms with Gasteiger partial charge in [-0.15, -0.1) is 4.91 Å². The summed E-state index contributed by atoms with van der Waals surface area (Å²) in [6.07, 6.45) is 2.52. The average molecular weight is 310 g/mol. The van der Waals surface area contributed by atoms with E-state index in [0.29, 0.717) is 16.9 Å². The number of nitrogens with one attached hydrogen (secondary N) is 1. The number of amides is 1. The second-order valence-electron chi connectivity index (χ2n) is 4.55. The van der Waals surface area contributed by atoms with Gasteiger partial charge in [0.1, 0.15) is 5.75 Å². The number of carbonyl (C=O) groups excluding carboxylic acids is 2. The van der Waals surface area contributed by atoms with Crippen molar-refractivity contribution in [2.24, 2.45) is 5.18 Å². The topological polar surface area (TPSA) is 84.8 Å². The summed E-state index contributed by atoms with van der Waals surface area (Å²) in [6, 6.07) is 13.4. The number of benzene rings is 2. The Labute approximate surface area is 132 Å². The molecule has 0 saturated carbocycles. The number of nitroso groups, excluding NO2 is 1. The highest BCUT2D eigenvalue weighted by molar-refractivity contribution is 5.92. The molecule has 6 nitrogen and oxygen atoms in total. The van der Waals surface area contributed by atoms with Crippen LogP contribution in [0.25, 0.3) is 6.08 Å². The van der Waals surface area contributed by atoms with Gasteiger partial charge in [0.2, 0.25) is 0 Å². The van der Waals surface area contributed by atoms with Crippen LogP contribution in [-0.4, -0.2) is 18.9 Å². The standard InChI is InChI=1S/C17H14N2O4/c1-18-14-7-5-13(6-8-14)17(21)23-15-9-2-12(3-10-15)4-11-16(20)19-22/h2-11,18H,1H3/b11-4+. The van der Waals surface area contributed by atoms with Crippen LogP contribution >= 0.6 is 0 Å². The number of ether oxygens (including phenoxy) is 1. The number of anilines is 1. The summed E-state index contributed by atoms with van der Waals surface area (Å²) in [5.41, 5.74) is 2.02. The maximum Gasteiger partial charge on any atom is 0.343 e. The van der Waals surface area contributed by atoms with Crippen molar-refractivity contribution in [1.29, 1.82) is 0 Å². The number of carbonyl (C=O) groups is 2. The van der Waals surface area contributed by atoms with Crippen LogP contribution in [-0.2, 0) is 4.79 Å². The van der Waals surface area contributed by atoms with Gasteiger partial charge in [-0.3, -0.25) is 4.79 Å². The first-order chi connectivity index (χ1) is 11.1. The third kappa shape index (κ3) is 4.60. The molecule has 0 aromatic heterocycles. The molecule has 0 unspecified atom stereocenters. The quantitative estimate of drug-likeness (QED) is 0.396. The first kappa shape index (κ1) is 16.1. The summed E-state index contributed by atoms with van der Waals surface area (Å²) in [5, 5.41) is 5.22. The Morgan fingerprint density at radius 2 is 1.70 bits per heavy atom. The fraction of sp³-hybridized carbons (Fsp3) is 0.0588. The van der Waals surface area contributed by atoms with Gasteiger partial charge in [0.05, 0.1) is 5.56 Å². The first-order valence-electron chi connectivity index (χ1n) is 6.78. The minimum Gasteiger partial charge on any atom is -0.423 e. The Bertz CT molecular complexity index is 734. The van der Waals surface area contributed by atoms with E-state index in [1.165, 1.54) is 6.08 Å². The Morgan fingerprint density at radius 1 is 1.04 bits per heavy atom. The van der Waals surface area contributed by atoms with Gasteiger partial charge in [0.25, 0.3) is 0 Å². The second kappa shape index (κ2) is 7.65. The minimum absolute atomic E-state index is 0.379. The molecule has 116 valence electrons. The van der Waals surface area contributed by atoms with Crippen LogP contribution < -0.4 is 10.1 Å². The van der Waals surface area contributed by atoms with Crippen molar-refractivity contribution in [2.75, 3.05) is 12.4 Å². The number of nitrogens with zero attached hydrogens (tertiary/aromatic N) is 1. The minimum atomic E-state index is -0.856. The fourth-order valence-electron chi connectivity index (χ4n) is 1.78. The molecule has 23 heavy (non-hydrogen) atoms. The monoisotopic (exact) mass is 310 g/mol. The third-order valence-corrected chi connectivity index (χ3v) is 3.01. The van der Waals surface area contributed by atoms with Gasteiger partial charge in [0, 0.05) is 24.0 Å². The number of rotatable bonds is 5. The van der Waals surface area contributed by atoms with Crippen LogP contribution in [0.1, 0.15) is 15.9 Å². The molecule has 0 heterocycles. The van der Waals surface area contributed by atoms with E-state index in [0.717, 1.165) is 11.8 Å². The highest BCUT2D eigenvalue weighted by Gasteiger charge is 2.08. The zero-order valence-electron chi connectivity index (χ0n) is 12.4. The normalized spacial score (nSPS) is 10.3. The van der Waals surface area contributed by atoms with Gasteiger partial charge in [0.15, 0.2) is 0 Å². The number of hydrogen-bond acceptors (Lipinski definition) is 5. The molecule has 0 spiro atoms. The van der Waals surface area contributed by atoms with Crippen molar-refractivity contribution in [2.45, 2.75) is 0 Å². The SMILES string of the molecule is CNc1ccc(C(=O)Oc2ccc(/C=C/C(=O)N=O)cc2)cc1. The lowest BCUT2D eigenvalue weighted by Gasteiger charge is -2.05. The molecule has 2 aromatic carbocycles. The summed E-state index contributed by atoms with van der Waals surface area (Å²) in [4.78, 5) is 32.7. The summed E-state index contributed by atoms with van der Waals surface area (Å²) in [6.45, 7) is 0. The second-order valence-corrected chi connectivity index (χ2v) is 4.55. The fourth-order valence-corrected chi connectivity index (χ4v) is 1.78. The van der Waals surface area contributed by atoms with Crippen molar-refractivity contribution < 1.29 is 14.3 Å². The summed E-state index contributed by atoms with van der Waals surface area (Å²) >= 11 is 0. The van der Waals surface area contributed by atoms with E-state index < -0.39 is 11.9 Å². The number of esters is 1. The van der Waals surface area contributed by atoms with Crippen molar-refractivity contribution in [3.8, 4) is 5.75 Å². The van der Waals surface area contributed by atoms with Gasteiger partial charge < -0.3 is 10.1 Å². The Morgan fingerprint density at radius 3 is 2.26 bits per heavy atom. The molecular weight excluding hydrogens is 296 g/mol. The largest absolute Gasteiger partial charge is 0.423 e. The summed E-state index contributed by atoms with van der Waals surface area (Å²) < 4.78 is 5.26. The highest BCUT2D eigenvalue weighted by Crippen LogP contribution is 2.16. The molecule has 0 aliphatic heterocycles. The van der Waals surface area contributed by atoms with E-state index >= 15 is 0 Å². The van der Waals surface area contributed by atoms with E-state index in [1.807, 2.05) is 0 Å². The van der Waals surface area contributed by atoms with Gasteiger partial charge in [-0.25, -0.2) is 4.79 Å². The van der Waals surface area contributed by atoms with Crippen LogP contribution in [0.15, 0.2) is 59.8 Å². The van der Waals surface area contributed by atoms with E-state index in [-0.39, 0.29) is 0 Å². The number of hydrogen-bond donors (Lipinski definition) is 1. The van der Waals surface area contributed by atoms with Crippen molar-refractivity contribution in [3.05, 3.63) is 70.6 Å². The molecule has 2 rings (SSSR count). The zero-order valence-corrected chi connectivity index (χ0v) is 12.4. The van der Waals surface area contributed by atoms with Crippen LogP contribution in [0.4, 0.5) is 5.69 Å². The molecule has 1 amide bonds. The van der Waals surface area contributed by atoms with Crippen molar-refractivity contribution in [3.63, 3.8) is 0 Å². The smallest absolute Gasteiger partial charge is 0.343 e. The molecule has 2 aromatic rings. The molecule has 1 N–H and O–H groups in total. The molecule has 0 fully saturated rings. The summed E-state index contributed by atoms with van der Waals surface area (Å²) in [7, 11) is 1.79. The molecule has 0 bridgehead atoms. The maximum atomic E-state index is 12.0. The van der Waals surface area contributed by atoms with E-state index in [9.17, 15) is 14.5 Å². The van der Waals surface area contributed by atoms with E-state index in [1.54, 1.807) is 55.6 Å². The average Bonchev–Trinajstić information content (AvgIpc) is 2.60. The molecule has 0 aliphatic rings. The molecule has 0 atom stereocenters. The van der Waals surface area contributed by atoms with E-state index in [4.69, 9.17) is 4.74 Å². The Balaban J connectivity index is 2.02. The highest BCUT2D eigenvalue weighted by atomic mass is 16.5.